The van der Waals surface area contributed by atoms with E-state index < -0.39 is 5.60 Å². The minimum atomic E-state index is -0.481. The Kier molecular flexibility index (Phi) is 6.19. The molecule has 1 fully saturated rings. The fourth-order valence-corrected chi connectivity index (χ4v) is 6.05. The molecule has 2 aliphatic carbocycles. The SMILES string of the molecule is CN(C(=O)OC(C)(C)C)[C@H]1CC[C@H](Nc2ncnc3sc4c(c23)[C@@H](CC=O)CC4)CC1. The van der Waals surface area contributed by atoms with Crippen molar-refractivity contribution in [3.63, 3.8) is 0 Å². The van der Waals surface area contributed by atoms with Gasteiger partial charge in [-0.25, -0.2) is 14.8 Å². The number of ether oxygens (including phenoxy) is 1. The van der Waals surface area contributed by atoms with E-state index in [1.54, 1.807) is 22.6 Å². The predicted octanol–water partition coefficient (Wildman–Crippen LogP) is 4.90. The van der Waals surface area contributed by atoms with Crippen molar-refractivity contribution in [1.82, 2.24) is 14.9 Å². The van der Waals surface area contributed by atoms with Gasteiger partial charge in [-0.1, -0.05) is 0 Å². The number of amides is 1. The van der Waals surface area contributed by atoms with E-state index in [9.17, 15) is 9.59 Å². The van der Waals surface area contributed by atoms with Crippen LogP contribution in [0.5, 0.6) is 0 Å². The van der Waals surface area contributed by atoms with Crippen LogP contribution < -0.4 is 5.32 Å². The maximum atomic E-state index is 12.4. The van der Waals surface area contributed by atoms with Crippen LogP contribution in [0, 0.1) is 0 Å². The summed E-state index contributed by atoms with van der Waals surface area (Å²) in [7, 11) is 1.84. The van der Waals surface area contributed by atoms with Crippen LogP contribution in [-0.2, 0) is 16.0 Å². The number of aromatic nitrogens is 2. The molecular formula is C23H32N4O3S. The molecule has 4 rings (SSSR count). The van der Waals surface area contributed by atoms with Gasteiger partial charge in [0.15, 0.2) is 0 Å². The molecule has 8 heteroatoms. The van der Waals surface area contributed by atoms with Crippen molar-refractivity contribution >= 4 is 39.8 Å². The van der Waals surface area contributed by atoms with E-state index in [1.165, 1.54) is 10.4 Å². The van der Waals surface area contributed by atoms with E-state index in [4.69, 9.17) is 4.74 Å². The first kappa shape index (κ1) is 22.0. The average molecular weight is 445 g/mol. The Morgan fingerprint density at radius 2 is 2.00 bits per heavy atom. The normalized spacial score (nSPS) is 23.4. The lowest BCUT2D eigenvalue weighted by Gasteiger charge is -2.36. The number of carbonyl (C=O) groups is 2. The topological polar surface area (TPSA) is 84.4 Å². The molecule has 1 amide bonds. The minimum absolute atomic E-state index is 0.195. The molecule has 0 saturated heterocycles. The summed E-state index contributed by atoms with van der Waals surface area (Å²) >= 11 is 1.74. The molecule has 2 aromatic heterocycles. The fourth-order valence-electron chi connectivity index (χ4n) is 4.81. The molecule has 7 nitrogen and oxygen atoms in total. The Hall–Kier alpha value is -2.22. The molecule has 0 bridgehead atoms. The maximum Gasteiger partial charge on any atom is 0.410 e. The molecule has 0 unspecified atom stereocenters. The van der Waals surface area contributed by atoms with Crippen LogP contribution in [-0.4, -0.2) is 52.0 Å². The van der Waals surface area contributed by atoms with Gasteiger partial charge in [0, 0.05) is 30.4 Å². The molecule has 1 atom stereocenters. The third kappa shape index (κ3) is 4.68. The first-order valence-electron chi connectivity index (χ1n) is 11.2. The number of carbonyl (C=O) groups excluding carboxylic acids is 2. The van der Waals surface area contributed by atoms with Gasteiger partial charge in [-0.3, -0.25) is 0 Å². The van der Waals surface area contributed by atoms with Gasteiger partial charge < -0.3 is 19.7 Å². The van der Waals surface area contributed by atoms with Crippen molar-refractivity contribution in [2.75, 3.05) is 12.4 Å². The lowest BCUT2D eigenvalue weighted by molar-refractivity contribution is -0.108. The van der Waals surface area contributed by atoms with Crippen molar-refractivity contribution in [2.24, 2.45) is 0 Å². The Balaban J connectivity index is 1.44. The van der Waals surface area contributed by atoms with Crippen LogP contribution in [0.15, 0.2) is 6.33 Å². The number of anilines is 1. The molecule has 31 heavy (non-hydrogen) atoms. The molecular weight excluding hydrogens is 412 g/mol. The number of aryl methyl sites for hydroxylation is 1. The predicted molar refractivity (Wildman–Crippen MR) is 123 cm³/mol. The zero-order valence-electron chi connectivity index (χ0n) is 18.8. The molecule has 0 aliphatic heterocycles. The van der Waals surface area contributed by atoms with Gasteiger partial charge in [-0.05, 0) is 70.8 Å². The second-order valence-corrected chi connectivity index (χ2v) is 10.8. The minimum Gasteiger partial charge on any atom is -0.444 e. The zero-order chi connectivity index (χ0) is 22.2. The summed E-state index contributed by atoms with van der Waals surface area (Å²) in [6.07, 6.45) is 8.82. The Morgan fingerprint density at radius 3 is 2.68 bits per heavy atom. The number of thiophene rings is 1. The number of rotatable bonds is 5. The summed E-state index contributed by atoms with van der Waals surface area (Å²) < 4.78 is 5.52. The van der Waals surface area contributed by atoms with E-state index in [2.05, 4.69) is 15.3 Å². The van der Waals surface area contributed by atoms with Crippen molar-refractivity contribution in [3.8, 4) is 0 Å². The summed E-state index contributed by atoms with van der Waals surface area (Å²) in [5.74, 6) is 1.18. The zero-order valence-corrected chi connectivity index (χ0v) is 19.6. The molecule has 0 radical (unpaired) electrons. The van der Waals surface area contributed by atoms with Crippen LogP contribution in [0.1, 0.15) is 75.7 Å². The number of hydrogen-bond donors (Lipinski definition) is 1. The molecule has 2 aliphatic rings. The fraction of sp³-hybridized carbons (Fsp3) is 0.652. The van der Waals surface area contributed by atoms with E-state index in [-0.39, 0.29) is 18.1 Å². The van der Waals surface area contributed by atoms with E-state index in [1.807, 2.05) is 27.8 Å². The highest BCUT2D eigenvalue weighted by Crippen LogP contribution is 2.46. The lowest BCUT2D eigenvalue weighted by atomic mass is 9.90. The van der Waals surface area contributed by atoms with Crippen molar-refractivity contribution in [1.29, 1.82) is 0 Å². The third-order valence-corrected chi connectivity index (χ3v) is 7.55. The van der Waals surface area contributed by atoms with Crippen molar-refractivity contribution in [2.45, 2.75) is 89.3 Å². The largest absolute Gasteiger partial charge is 0.444 e. The molecule has 1 saturated carbocycles. The molecule has 0 spiro atoms. The van der Waals surface area contributed by atoms with Crippen LogP contribution >= 0.6 is 11.3 Å². The smallest absolute Gasteiger partial charge is 0.410 e. The quantitative estimate of drug-likeness (QED) is 0.660. The molecule has 2 heterocycles. The van der Waals surface area contributed by atoms with Gasteiger partial charge in [0.05, 0.1) is 5.39 Å². The Labute approximate surface area is 187 Å². The summed E-state index contributed by atoms with van der Waals surface area (Å²) in [6.45, 7) is 5.68. The Bertz CT molecular complexity index is 960. The van der Waals surface area contributed by atoms with Crippen LogP contribution in [0.2, 0.25) is 0 Å². The van der Waals surface area contributed by atoms with Gasteiger partial charge in [-0.15, -0.1) is 11.3 Å². The monoisotopic (exact) mass is 444 g/mol. The second kappa shape index (κ2) is 8.73. The number of hydrogen-bond acceptors (Lipinski definition) is 7. The molecule has 0 aromatic carbocycles. The average Bonchev–Trinajstić information content (AvgIpc) is 3.27. The number of nitrogens with zero attached hydrogens (tertiary/aromatic N) is 3. The van der Waals surface area contributed by atoms with Crippen LogP contribution in [0.3, 0.4) is 0 Å². The van der Waals surface area contributed by atoms with Crippen molar-refractivity contribution in [3.05, 3.63) is 16.8 Å². The number of nitrogens with one attached hydrogen (secondary N) is 1. The second-order valence-electron chi connectivity index (χ2n) is 9.72. The standard InChI is InChI=1S/C23H32N4O3S/c1-23(2,3)30-22(29)27(4)16-8-6-15(7-9-16)26-20-19-18-14(11-12-28)5-10-17(18)31-21(19)25-13-24-20/h12-16H,5-11H2,1-4H3,(H,24,25,26)/t14-,15-,16-/m1/s1. The molecule has 1 N–H and O–H groups in total. The van der Waals surface area contributed by atoms with Gasteiger partial charge in [-0.2, -0.15) is 0 Å². The number of fused-ring (bicyclic) bond motifs is 3. The van der Waals surface area contributed by atoms with Crippen molar-refractivity contribution < 1.29 is 14.3 Å². The highest BCUT2D eigenvalue weighted by molar-refractivity contribution is 7.19. The maximum absolute atomic E-state index is 12.4. The van der Waals surface area contributed by atoms with Crippen LogP contribution in [0.25, 0.3) is 10.2 Å². The van der Waals surface area contributed by atoms with Gasteiger partial charge >= 0.3 is 6.09 Å². The first-order valence-corrected chi connectivity index (χ1v) is 12.0. The van der Waals surface area contributed by atoms with E-state index in [0.717, 1.165) is 60.8 Å². The molecule has 2 aromatic rings. The summed E-state index contributed by atoms with van der Waals surface area (Å²) in [4.78, 5) is 36.7. The Morgan fingerprint density at radius 1 is 1.26 bits per heavy atom. The van der Waals surface area contributed by atoms with E-state index >= 15 is 0 Å². The van der Waals surface area contributed by atoms with Gasteiger partial charge in [0.25, 0.3) is 0 Å². The molecule has 168 valence electrons. The first-order chi connectivity index (χ1) is 14.8. The van der Waals surface area contributed by atoms with E-state index in [0.29, 0.717) is 12.5 Å². The number of aldehydes is 1. The summed E-state index contributed by atoms with van der Waals surface area (Å²) in [5, 5.41) is 4.77. The highest BCUT2D eigenvalue weighted by Gasteiger charge is 2.32. The van der Waals surface area contributed by atoms with Gasteiger partial charge in [0.2, 0.25) is 0 Å². The third-order valence-electron chi connectivity index (χ3n) is 6.38. The summed E-state index contributed by atoms with van der Waals surface area (Å²) in [5.41, 5.74) is 0.805. The van der Waals surface area contributed by atoms with Gasteiger partial charge in [0.1, 0.15) is 28.9 Å². The van der Waals surface area contributed by atoms with Crippen LogP contribution in [0.4, 0.5) is 10.6 Å². The lowest BCUT2D eigenvalue weighted by Crippen LogP contribution is -2.43. The summed E-state index contributed by atoms with van der Waals surface area (Å²) in [6, 6.07) is 0.503. The highest BCUT2D eigenvalue weighted by atomic mass is 32.1.